The molecule has 0 saturated carbocycles. The molecule has 3 aromatic rings. The Morgan fingerprint density at radius 1 is 1.00 bits per heavy atom. The molecule has 0 N–H and O–H groups in total. The normalized spacial score (nSPS) is 21.4. The fraction of sp³-hybridized carbons (Fsp3) is 0.259. The maximum absolute atomic E-state index is 12.9. The molecule has 0 spiro atoms. The van der Waals surface area contributed by atoms with Crippen molar-refractivity contribution in [1.82, 2.24) is 0 Å². The number of carbonyl (C=O) groups excluding carboxylic acids is 1. The van der Waals surface area contributed by atoms with Crippen LogP contribution in [-0.2, 0) is 27.7 Å². The predicted molar refractivity (Wildman–Crippen MR) is 143 cm³/mol. The fourth-order valence-corrected chi connectivity index (χ4v) is 8.40. The molecule has 3 aromatic carbocycles. The van der Waals surface area contributed by atoms with Gasteiger partial charge >= 0.3 is 0 Å². The second-order valence-corrected chi connectivity index (χ2v) is 12.1. The summed E-state index contributed by atoms with van der Waals surface area (Å²) in [4.78, 5) is 19.2. The second-order valence-electron chi connectivity index (χ2n) is 8.72. The number of amidine groups is 1. The van der Waals surface area contributed by atoms with Gasteiger partial charge in [-0.05, 0) is 35.9 Å². The molecule has 36 heavy (non-hydrogen) atoms. The summed E-state index contributed by atoms with van der Waals surface area (Å²) in [7, 11) is -1.58. The van der Waals surface area contributed by atoms with Crippen LogP contribution in [0.5, 0.6) is 11.5 Å². The molecular formula is C27H26N2O5S2. The maximum atomic E-state index is 12.9. The predicted octanol–water partition coefficient (Wildman–Crippen LogP) is 4.12. The third-order valence-electron chi connectivity index (χ3n) is 6.18. The summed E-state index contributed by atoms with van der Waals surface area (Å²) in [6, 6.07) is 24.5. The number of nitrogens with zero attached hydrogens (tertiary/aromatic N) is 2. The van der Waals surface area contributed by atoms with Gasteiger partial charge in [0.25, 0.3) is 5.91 Å². The Bertz CT molecular complexity index is 1370. The fourth-order valence-electron chi connectivity index (χ4n) is 4.47. The molecule has 1 amide bonds. The molecule has 2 aliphatic heterocycles. The Labute approximate surface area is 215 Å². The first-order valence-electron chi connectivity index (χ1n) is 11.6. The molecule has 0 bridgehead atoms. The Morgan fingerprint density at radius 3 is 2.47 bits per heavy atom. The Hall–Kier alpha value is -3.30. The average molecular weight is 523 g/mol. The van der Waals surface area contributed by atoms with Crippen LogP contribution in [-0.4, -0.2) is 49.4 Å². The van der Waals surface area contributed by atoms with E-state index in [1.54, 1.807) is 7.11 Å². The van der Waals surface area contributed by atoms with Gasteiger partial charge in [-0.1, -0.05) is 60.3 Å². The number of sulfone groups is 1. The minimum Gasteiger partial charge on any atom is -0.496 e. The lowest BCUT2D eigenvalue weighted by Gasteiger charge is -2.24. The highest BCUT2D eigenvalue weighted by atomic mass is 32.2. The largest absolute Gasteiger partial charge is 0.496 e. The van der Waals surface area contributed by atoms with Gasteiger partial charge in [0, 0.05) is 16.5 Å². The van der Waals surface area contributed by atoms with Gasteiger partial charge in [0.15, 0.2) is 15.0 Å². The van der Waals surface area contributed by atoms with Gasteiger partial charge in [-0.25, -0.2) is 8.42 Å². The van der Waals surface area contributed by atoms with Crippen molar-refractivity contribution in [2.75, 3.05) is 23.5 Å². The van der Waals surface area contributed by atoms with E-state index in [-0.39, 0.29) is 35.1 Å². The van der Waals surface area contributed by atoms with Crippen molar-refractivity contribution in [2.45, 2.75) is 24.3 Å². The Kier molecular flexibility index (Phi) is 7.02. The summed E-state index contributed by atoms with van der Waals surface area (Å²) < 4.78 is 36.0. The number of para-hydroxylation sites is 1. The van der Waals surface area contributed by atoms with E-state index in [4.69, 9.17) is 9.47 Å². The highest BCUT2D eigenvalue weighted by molar-refractivity contribution is 8.16. The van der Waals surface area contributed by atoms with Crippen LogP contribution in [0, 0.1) is 0 Å². The number of carbonyl (C=O) groups is 1. The number of aliphatic imine (C=N–C) groups is 1. The third kappa shape index (κ3) is 5.42. The van der Waals surface area contributed by atoms with E-state index in [2.05, 4.69) is 4.99 Å². The Balaban J connectivity index is 1.37. The van der Waals surface area contributed by atoms with Crippen molar-refractivity contribution in [3.05, 3.63) is 90.0 Å². The van der Waals surface area contributed by atoms with E-state index < -0.39 is 9.84 Å². The van der Waals surface area contributed by atoms with Crippen LogP contribution in [0.25, 0.3) is 0 Å². The number of benzene rings is 3. The summed E-state index contributed by atoms with van der Waals surface area (Å²) in [5, 5.41) is 0.361. The van der Waals surface area contributed by atoms with Gasteiger partial charge in [-0.3, -0.25) is 4.79 Å². The van der Waals surface area contributed by atoms with Crippen LogP contribution < -0.4 is 14.4 Å². The number of rotatable bonds is 7. The van der Waals surface area contributed by atoms with Crippen molar-refractivity contribution >= 4 is 38.4 Å². The van der Waals surface area contributed by atoms with Crippen LogP contribution in [0.2, 0.25) is 0 Å². The number of ether oxygens (including phenoxy) is 2. The van der Waals surface area contributed by atoms with Gasteiger partial charge in [-0.2, -0.15) is 4.99 Å². The molecule has 2 fully saturated rings. The zero-order valence-electron chi connectivity index (χ0n) is 19.7. The molecule has 2 heterocycles. The minimum absolute atomic E-state index is 0.0383. The topological polar surface area (TPSA) is 85.3 Å². The van der Waals surface area contributed by atoms with E-state index >= 15 is 0 Å². The SMILES string of the molecule is COc1ccccc1CC(=O)N=C1S[C@H]2CS(=O)(=O)C[C@@H]2N1c1ccc(OCc2ccccc2)cc1. The smallest absolute Gasteiger partial charge is 0.252 e. The standard InChI is InChI=1S/C27H26N2O5S2/c1-33-24-10-6-5-9-20(24)15-26(30)28-27-29(23-17-36(31,32)18-25(23)35-27)21-11-13-22(14-12-21)34-16-19-7-3-2-4-8-19/h2-14,23,25H,15-18H2,1H3/t23-,25-/m0/s1. The average Bonchev–Trinajstić information content (AvgIpc) is 3.34. The molecule has 9 heteroatoms. The zero-order valence-corrected chi connectivity index (χ0v) is 21.4. The van der Waals surface area contributed by atoms with Gasteiger partial charge in [0.2, 0.25) is 0 Å². The van der Waals surface area contributed by atoms with Gasteiger partial charge in [-0.15, -0.1) is 0 Å². The summed E-state index contributed by atoms with van der Waals surface area (Å²) in [5.74, 6) is 1.15. The van der Waals surface area contributed by atoms with Crippen LogP contribution in [0.1, 0.15) is 11.1 Å². The quantitative estimate of drug-likeness (QED) is 0.462. The molecule has 0 unspecified atom stereocenters. The summed E-state index contributed by atoms with van der Waals surface area (Å²) >= 11 is 1.36. The highest BCUT2D eigenvalue weighted by Crippen LogP contribution is 2.41. The van der Waals surface area contributed by atoms with Crippen LogP contribution in [0.15, 0.2) is 83.9 Å². The first kappa shape index (κ1) is 24.4. The first-order chi connectivity index (χ1) is 17.4. The molecular weight excluding hydrogens is 496 g/mol. The first-order valence-corrected chi connectivity index (χ1v) is 14.3. The molecule has 0 aromatic heterocycles. The number of amides is 1. The van der Waals surface area contributed by atoms with Crippen molar-refractivity contribution in [2.24, 2.45) is 4.99 Å². The molecule has 2 atom stereocenters. The molecule has 2 saturated heterocycles. The number of hydrogen-bond acceptors (Lipinski definition) is 6. The number of hydrogen-bond donors (Lipinski definition) is 0. The third-order valence-corrected chi connectivity index (χ3v) is 9.39. The monoisotopic (exact) mass is 522 g/mol. The van der Waals surface area contributed by atoms with Gasteiger partial charge < -0.3 is 14.4 Å². The number of anilines is 1. The summed E-state index contributed by atoms with van der Waals surface area (Å²) in [6.45, 7) is 0.451. The number of thioether (sulfide) groups is 1. The molecule has 0 aliphatic carbocycles. The molecule has 5 rings (SSSR count). The van der Waals surface area contributed by atoms with Crippen molar-refractivity contribution in [1.29, 1.82) is 0 Å². The van der Waals surface area contributed by atoms with Crippen molar-refractivity contribution in [3.8, 4) is 11.5 Å². The lowest BCUT2D eigenvalue weighted by atomic mass is 10.1. The van der Waals surface area contributed by atoms with Crippen molar-refractivity contribution in [3.63, 3.8) is 0 Å². The number of fused-ring (bicyclic) bond motifs is 1. The molecule has 2 aliphatic rings. The lowest BCUT2D eigenvalue weighted by Crippen LogP contribution is -2.37. The van der Waals surface area contributed by atoms with Crippen LogP contribution in [0.3, 0.4) is 0 Å². The van der Waals surface area contributed by atoms with Gasteiger partial charge in [0.05, 0.1) is 31.1 Å². The lowest BCUT2D eigenvalue weighted by molar-refractivity contribution is -0.117. The van der Waals surface area contributed by atoms with Crippen molar-refractivity contribution < 1.29 is 22.7 Å². The summed E-state index contributed by atoms with van der Waals surface area (Å²) in [6.07, 6.45) is 0.0990. The zero-order chi connectivity index (χ0) is 25.1. The van der Waals surface area contributed by atoms with E-state index in [0.29, 0.717) is 23.3 Å². The van der Waals surface area contributed by atoms with E-state index in [0.717, 1.165) is 16.8 Å². The van der Waals surface area contributed by atoms with E-state index in [9.17, 15) is 13.2 Å². The minimum atomic E-state index is -3.15. The second kappa shape index (κ2) is 10.4. The maximum Gasteiger partial charge on any atom is 0.252 e. The highest BCUT2D eigenvalue weighted by Gasteiger charge is 2.49. The Morgan fingerprint density at radius 2 is 1.72 bits per heavy atom. The molecule has 7 nitrogen and oxygen atoms in total. The number of methoxy groups -OCH3 is 1. The van der Waals surface area contributed by atoms with E-state index in [1.807, 2.05) is 83.8 Å². The summed E-state index contributed by atoms with van der Waals surface area (Å²) in [5.41, 5.74) is 2.61. The van der Waals surface area contributed by atoms with E-state index in [1.165, 1.54) is 11.8 Å². The molecule has 186 valence electrons. The van der Waals surface area contributed by atoms with Crippen LogP contribution in [0.4, 0.5) is 5.69 Å². The van der Waals surface area contributed by atoms with Crippen LogP contribution >= 0.6 is 11.8 Å². The van der Waals surface area contributed by atoms with Gasteiger partial charge in [0.1, 0.15) is 18.1 Å². The molecule has 0 radical (unpaired) electrons.